The van der Waals surface area contributed by atoms with Crippen LogP contribution in [0, 0.1) is 34.0 Å². The molecule has 0 heterocycles. The quantitative estimate of drug-likeness (QED) is 0.514. The monoisotopic (exact) mass is 429 g/mol. The first-order valence-corrected chi connectivity index (χ1v) is 12.2. The van der Waals surface area contributed by atoms with Crippen LogP contribution >= 0.6 is 0 Å². The van der Waals surface area contributed by atoms with Crippen LogP contribution in [-0.4, -0.2) is 22.9 Å². The van der Waals surface area contributed by atoms with E-state index in [-0.39, 0.29) is 16.2 Å². The minimum atomic E-state index is -0.939. The predicted octanol–water partition coefficient (Wildman–Crippen LogP) is 5.91. The van der Waals surface area contributed by atoms with Gasteiger partial charge in [-0.15, -0.1) is 0 Å². The summed E-state index contributed by atoms with van der Waals surface area (Å²) in [6.45, 7) is 13.8. The first-order valence-electron chi connectivity index (χ1n) is 12.2. The molecule has 4 heteroatoms. The van der Waals surface area contributed by atoms with E-state index < -0.39 is 12.0 Å². The molecule has 2 saturated carbocycles. The normalized spacial score (nSPS) is 38.7. The number of rotatable bonds is 6. The highest BCUT2D eigenvalue weighted by Gasteiger charge is 2.58. The number of hydrogen-bond donors (Lipinski definition) is 2. The summed E-state index contributed by atoms with van der Waals surface area (Å²) >= 11 is 0. The zero-order chi connectivity index (χ0) is 23.2. The smallest absolute Gasteiger partial charge is 0.320 e. The van der Waals surface area contributed by atoms with E-state index >= 15 is 0 Å². The van der Waals surface area contributed by atoms with Crippen LogP contribution in [0.25, 0.3) is 0 Å². The molecule has 3 N–H and O–H groups in total. The fourth-order valence-electron chi connectivity index (χ4n) is 7.17. The van der Waals surface area contributed by atoms with Crippen molar-refractivity contribution in [2.45, 2.75) is 99.0 Å². The molecule has 31 heavy (non-hydrogen) atoms. The second-order valence-corrected chi connectivity index (χ2v) is 11.8. The Morgan fingerprint density at radius 3 is 2.61 bits per heavy atom. The Labute approximate surface area is 188 Å². The van der Waals surface area contributed by atoms with E-state index in [1.165, 1.54) is 24.0 Å². The molecule has 0 aromatic rings. The summed E-state index contributed by atoms with van der Waals surface area (Å²) in [6, 6.07) is -0.818. The SMILES string of the molecule is C/C(=C\CC(N)C(=O)O)CC[C@]1(C)[C@H]2CC=C3[C@@H](CCC(=O)C3(C)C)[C@]2(C)CC[C@@H]1C. The van der Waals surface area contributed by atoms with Crippen molar-refractivity contribution >= 4 is 11.8 Å². The van der Waals surface area contributed by atoms with Crippen molar-refractivity contribution in [3.8, 4) is 0 Å². The van der Waals surface area contributed by atoms with Gasteiger partial charge in [0.25, 0.3) is 0 Å². The number of Topliss-reactive ketones (excluding diaryl/α,β-unsaturated/α-hetero) is 1. The summed E-state index contributed by atoms with van der Waals surface area (Å²) in [5.74, 6) is 1.27. The standard InChI is InChI=1S/C27H43NO3/c1-17(7-10-21(28)24(30)31)13-15-26(5)18(2)14-16-27(6)20-9-12-23(29)25(3,4)19(20)8-11-22(26)27/h7-8,18,20-22H,9-16,28H2,1-6H3,(H,30,31)/b17-7+/t18-,20+,21?,22+,26-,27-/m0/s1. The van der Waals surface area contributed by atoms with Gasteiger partial charge in [0.2, 0.25) is 0 Å². The number of allylic oxidation sites excluding steroid dienone is 3. The van der Waals surface area contributed by atoms with Crippen molar-refractivity contribution in [1.29, 1.82) is 0 Å². The van der Waals surface area contributed by atoms with Crippen LogP contribution in [-0.2, 0) is 9.59 Å². The van der Waals surface area contributed by atoms with E-state index in [0.29, 0.717) is 30.0 Å². The Kier molecular flexibility index (Phi) is 6.64. The van der Waals surface area contributed by atoms with Gasteiger partial charge in [-0.1, -0.05) is 44.1 Å². The first kappa shape index (κ1) is 24.2. The molecular formula is C27H43NO3. The maximum Gasteiger partial charge on any atom is 0.320 e. The predicted molar refractivity (Wildman–Crippen MR) is 126 cm³/mol. The molecule has 3 rings (SSSR count). The highest BCUT2D eigenvalue weighted by atomic mass is 16.4. The van der Waals surface area contributed by atoms with Crippen molar-refractivity contribution in [1.82, 2.24) is 0 Å². The van der Waals surface area contributed by atoms with Gasteiger partial charge in [0.15, 0.2) is 0 Å². The van der Waals surface area contributed by atoms with Crippen molar-refractivity contribution in [2.75, 3.05) is 0 Å². The van der Waals surface area contributed by atoms with E-state index in [1.807, 2.05) is 6.08 Å². The Bertz CT molecular complexity index is 794. The van der Waals surface area contributed by atoms with E-state index in [4.69, 9.17) is 10.8 Å². The number of carboxylic acids is 1. The fourth-order valence-corrected chi connectivity index (χ4v) is 7.17. The number of aliphatic carboxylic acids is 1. The summed E-state index contributed by atoms with van der Waals surface area (Å²) in [6.07, 6.45) is 12.3. The van der Waals surface area contributed by atoms with E-state index in [1.54, 1.807) is 0 Å². The van der Waals surface area contributed by atoms with Gasteiger partial charge in [-0.25, -0.2) is 0 Å². The summed E-state index contributed by atoms with van der Waals surface area (Å²) in [5, 5.41) is 9.03. The maximum absolute atomic E-state index is 12.7. The van der Waals surface area contributed by atoms with Crippen LogP contribution in [0.5, 0.6) is 0 Å². The summed E-state index contributed by atoms with van der Waals surface area (Å²) < 4.78 is 0. The Morgan fingerprint density at radius 1 is 1.29 bits per heavy atom. The van der Waals surface area contributed by atoms with Gasteiger partial charge in [0.1, 0.15) is 11.8 Å². The molecule has 0 spiro atoms. The van der Waals surface area contributed by atoms with Gasteiger partial charge < -0.3 is 10.8 Å². The zero-order valence-corrected chi connectivity index (χ0v) is 20.5. The van der Waals surface area contributed by atoms with Crippen LogP contribution < -0.4 is 5.73 Å². The molecule has 0 saturated heterocycles. The summed E-state index contributed by atoms with van der Waals surface area (Å²) in [7, 11) is 0. The second kappa shape index (κ2) is 8.50. The third kappa shape index (κ3) is 4.17. The number of carboxylic acid groups (broad SMARTS) is 1. The van der Waals surface area contributed by atoms with E-state index in [2.05, 4.69) is 47.6 Å². The van der Waals surface area contributed by atoms with Gasteiger partial charge in [-0.2, -0.15) is 0 Å². The number of carbonyl (C=O) groups excluding carboxylic acids is 1. The minimum absolute atomic E-state index is 0.241. The highest BCUT2D eigenvalue weighted by molar-refractivity contribution is 5.88. The van der Waals surface area contributed by atoms with E-state index in [9.17, 15) is 9.59 Å². The molecule has 0 bridgehead atoms. The lowest BCUT2D eigenvalue weighted by Crippen LogP contribution is -2.55. The van der Waals surface area contributed by atoms with Gasteiger partial charge in [-0.05, 0) is 94.3 Å². The Morgan fingerprint density at radius 2 is 1.97 bits per heavy atom. The average molecular weight is 430 g/mol. The Balaban J connectivity index is 1.83. The number of fused-ring (bicyclic) bond motifs is 3. The molecule has 174 valence electrons. The maximum atomic E-state index is 12.7. The largest absolute Gasteiger partial charge is 0.480 e. The fraction of sp³-hybridized carbons (Fsp3) is 0.778. The average Bonchev–Trinajstić information content (AvgIpc) is 2.70. The van der Waals surface area contributed by atoms with Crippen LogP contribution in [0.4, 0.5) is 0 Å². The molecule has 0 aromatic heterocycles. The first-order chi connectivity index (χ1) is 14.3. The molecule has 6 atom stereocenters. The molecule has 0 radical (unpaired) electrons. The number of carbonyl (C=O) groups is 2. The van der Waals surface area contributed by atoms with Crippen LogP contribution in [0.15, 0.2) is 23.3 Å². The van der Waals surface area contributed by atoms with E-state index in [0.717, 1.165) is 32.1 Å². The number of hydrogen-bond acceptors (Lipinski definition) is 3. The lowest BCUT2D eigenvalue weighted by atomic mass is 9.42. The van der Waals surface area contributed by atoms with Crippen molar-refractivity contribution in [3.05, 3.63) is 23.3 Å². The lowest BCUT2D eigenvalue weighted by molar-refractivity contribution is -0.138. The van der Waals surface area contributed by atoms with Gasteiger partial charge in [0.05, 0.1) is 0 Å². The third-order valence-corrected chi connectivity index (χ3v) is 9.75. The van der Waals surface area contributed by atoms with Crippen LogP contribution in [0.2, 0.25) is 0 Å². The van der Waals surface area contributed by atoms with Crippen molar-refractivity contribution < 1.29 is 14.7 Å². The van der Waals surface area contributed by atoms with Gasteiger partial charge >= 0.3 is 5.97 Å². The molecule has 0 amide bonds. The third-order valence-electron chi connectivity index (χ3n) is 9.75. The second-order valence-electron chi connectivity index (χ2n) is 11.8. The molecule has 4 nitrogen and oxygen atoms in total. The lowest BCUT2D eigenvalue weighted by Gasteiger charge is -2.62. The molecule has 0 aromatic carbocycles. The summed E-state index contributed by atoms with van der Waals surface area (Å²) in [4.78, 5) is 23.7. The highest BCUT2D eigenvalue weighted by Crippen LogP contribution is 2.66. The minimum Gasteiger partial charge on any atom is -0.480 e. The zero-order valence-electron chi connectivity index (χ0n) is 20.5. The van der Waals surface area contributed by atoms with Gasteiger partial charge in [0, 0.05) is 11.8 Å². The Hall–Kier alpha value is -1.42. The van der Waals surface area contributed by atoms with Crippen LogP contribution in [0.3, 0.4) is 0 Å². The summed E-state index contributed by atoms with van der Waals surface area (Å²) in [5.41, 5.74) is 8.53. The molecule has 3 aliphatic rings. The molecule has 0 aliphatic heterocycles. The van der Waals surface area contributed by atoms with Crippen molar-refractivity contribution in [3.63, 3.8) is 0 Å². The molecule has 2 fully saturated rings. The van der Waals surface area contributed by atoms with Crippen molar-refractivity contribution in [2.24, 2.45) is 39.7 Å². The molecule has 1 unspecified atom stereocenters. The number of nitrogens with two attached hydrogens (primary N) is 1. The van der Waals surface area contributed by atoms with Crippen LogP contribution in [0.1, 0.15) is 92.9 Å². The topological polar surface area (TPSA) is 80.4 Å². The van der Waals surface area contributed by atoms with Gasteiger partial charge in [-0.3, -0.25) is 9.59 Å². The molecular weight excluding hydrogens is 386 g/mol. The molecule has 3 aliphatic carbocycles. The number of ketones is 1.